The molecular weight excluding hydrogens is 818 g/mol. The molecule has 0 aliphatic rings. The van der Waals surface area contributed by atoms with Crippen LogP contribution >= 0.6 is 0 Å². The minimum absolute atomic E-state index is 0. The van der Waals surface area contributed by atoms with Gasteiger partial charge in [-0.25, -0.2) is 4.98 Å². The SMILES string of the molecule is Cc1cc(C)c(-n2c(-c3cc(-c4ccccc4)ccc3O)nc3c(-c4[c-]c(-c5ccccn5)c(C(C)(C)C)cc4C(C)(C)C)cccc32)c(C)c1.[Pt]. The normalized spacial score (nSPS) is 11.9. The molecule has 5 aromatic carbocycles. The number of imidazole rings is 1. The summed E-state index contributed by atoms with van der Waals surface area (Å²) in [6, 6.07) is 39.3. The summed E-state index contributed by atoms with van der Waals surface area (Å²) in [6.45, 7) is 20.0. The van der Waals surface area contributed by atoms with Crippen molar-refractivity contribution in [3.63, 3.8) is 0 Å². The molecule has 0 saturated carbocycles. The average molecular weight is 864 g/mol. The fraction of sp³-hybridized carbons (Fsp3) is 0.234. The van der Waals surface area contributed by atoms with Crippen LogP contribution in [0.15, 0.2) is 109 Å². The van der Waals surface area contributed by atoms with E-state index in [1.165, 1.54) is 16.7 Å². The molecule has 266 valence electrons. The third-order valence-corrected chi connectivity index (χ3v) is 9.77. The van der Waals surface area contributed by atoms with Gasteiger partial charge in [-0.05, 0) is 78.1 Å². The predicted octanol–water partition coefficient (Wildman–Crippen LogP) is 12.1. The van der Waals surface area contributed by atoms with Gasteiger partial charge in [-0.15, -0.1) is 28.8 Å². The van der Waals surface area contributed by atoms with Gasteiger partial charge in [0.05, 0.1) is 22.3 Å². The van der Waals surface area contributed by atoms with Crippen LogP contribution in [0.2, 0.25) is 0 Å². The van der Waals surface area contributed by atoms with Crippen molar-refractivity contribution in [1.82, 2.24) is 14.5 Å². The number of hydrogen-bond acceptors (Lipinski definition) is 3. The first-order chi connectivity index (χ1) is 24.2. The van der Waals surface area contributed by atoms with E-state index in [4.69, 9.17) is 9.97 Å². The summed E-state index contributed by atoms with van der Waals surface area (Å²) < 4.78 is 2.24. The van der Waals surface area contributed by atoms with Crippen molar-refractivity contribution in [3.05, 3.63) is 143 Å². The maximum Gasteiger partial charge on any atom is 0.148 e. The molecule has 0 amide bonds. The second kappa shape index (κ2) is 14.0. The number of benzene rings is 5. The molecule has 0 aliphatic carbocycles. The fourth-order valence-corrected chi connectivity index (χ4v) is 7.41. The number of aromatic hydroxyl groups is 1. The topological polar surface area (TPSA) is 50.9 Å². The predicted molar refractivity (Wildman–Crippen MR) is 213 cm³/mol. The molecule has 0 atom stereocenters. The number of nitrogens with zero attached hydrogens (tertiary/aromatic N) is 3. The largest absolute Gasteiger partial charge is 0.507 e. The van der Waals surface area contributed by atoms with E-state index >= 15 is 0 Å². The van der Waals surface area contributed by atoms with Crippen LogP contribution in [0.25, 0.3) is 61.6 Å². The first kappa shape index (κ1) is 37.0. The molecule has 7 aromatic rings. The number of para-hydroxylation sites is 1. The number of hydrogen-bond donors (Lipinski definition) is 1. The summed E-state index contributed by atoms with van der Waals surface area (Å²) in [4.78, 5) is 10.3. The van der Waals surface area contributed by atoms with Crippen LogP contribution in [0.5, 0.6) is 5.75 Å². The molecule has 4 nitrogen and oxygen atoms in total. The number of phenolic OH excluding ortho intramolecular Hbond substituents is 1. The summed E-state index contributed by atoms with van der Waals surface area (Å²) in [5, 5.41) is 11.6. The first-order valence-electron chi connectivity index (χ1n) is 17.7. The number of pyridine rings is 1. The van der Waals surface area contributed by atoms with Crippen molar-refractivity contribution in [3.8, 4) is 56.3 Å². The Hall–Kier alpha value is -4.79. The molecule has 2 heterocycles. The summed E-state index contributed by atoms with van der Waals surface area (Å²) in [7, 11) is 0. The molecule has 0 aliphatic heterocycles. The Balaban J connectivity index is 0.00000464. The summed E-state index contributed by atoms with van der Waals surface area (Å²) in [6.07, 6.45) is 1.85. The molecule has 7 rings (SSSR count). The average Bonchev–Trinajstić information content (AvgIpc) is 3.46. The van der Waals surface area contributed by atoms with Crippen LogP contribution in [-0.4, -0.2) is 19.6 Å². The first-order valence-corrected chi connectivity index (χ1v) is 17.7. The van der Waals surface area contributed by atoms with Crippen molar-refractivity contribution in [1.29, 1.82) is 0 Å². The van der Waals surface area contributed by atoms with Gasteiger partial charge in [0.25, 0.3) is 0 Å². The molecule has 0 saturated heterocycles. The van der Waals surface area contributed by atoms with Gasteiger partial charge in [0.2, 0.25) is 0 Å². The second-order valence-corrected chi connectivity index (χ2v) is 15.9. The Labute approximate surface area is 322 Å². The quantitative estimate of drug-likeness (QED) is 0.175. The molecule has 0 radical (unpaired) electrons. The number of aromatic nitrogens is 3. The van der Waals surface area contributed by atoms with Crippen molar-refractivity contribution in [2.45, 2.75) is 73.1 Å². The van der Waals surface area contributed by atoms with Crippen LogP contribution in [-0.2, 0) is 31.9 Å². The van der Waals surface area contributed by atoms with Gasteiger partial charge < -0.3 is 5.11 Å². The third-order valence-electron chi connectivity index (χ3n) is 9.77. The standard InChI is InChI=1S/C47H46N3O.Pt/c1-29-24-30(2)44(31(3)25-29)50-41-20-15-18-34(43(41)49-45(50)37-26-33(21-22-42(37)51)32-16-11-10-12-17-32)35-27-36(40-19-13-14-23-48-40)39(47(7,8)9)28-38(35)46(4,5)6;/h10-26,28,51H,1-9H3;/q-1;. The van der Waals surface area contributed by atoms with E-state index in [9.17, 15) is 5.11 Å². The smallest absolute Gasteiger partial charge is 0.148 e. The Kier molecular flexibility index (Phi) is 9.94. The number of aryl methyl sites for hydroxylation is 3. The Morgan fingerprint density at radius 3 is 1.92 bits per heavy atom. The third kappa shape index (κ3) is 6.77. The Morgan fingerprint density at radius 2 is 1.29 bits per heavy atom. The van der Waals surface area contributed by atoms with Crippen LogP contribution in [0.3, 0.4) is 0 Å². The van der Waals surface area contributed by atoms with Gasteiger partial charge in [0.15, 0.2) is 0 Å². The molecule has 0 fully saturated rings. The van der Waals surface area contributed by atoms with Gasteiger partial charge in [-0.1, -0.05) is 131 Å². The van der Waals surface area contributed by atoms with E-state index in [-0.39, 0.29) is 37.6 Å². The molecule has 2 aromatic heterocycles. The van der Waals surface area contributed by atoms with Crippen LogP contribution in [0, 0.1) is 26.8 Å². The minimum Gasteiger partial charge on any atom is -0.507 e. The zero-order valence-electron chi connectivity index (χ0n) is 31.5. The Morgan fingerprint density at radius 1 is 0.635 bits per heavy atom. The monoisotopic (exact) mass is 863 g/mol. The van der Waals surface area contributed by atoms with Crippen molar-refractivity contribution in [2.75, 3.05) is 0 Å². The van der Waals surface area contributed by atoms with Gasteiger partial charge in [0.1, 0.15) is 11.6 Å². The molecular formula is C47H46N3OPt-. The summed E-state index contributed by atoms with van der Waals surface area (Å²) >= 11 is 0. The summed E-state index contributed by atoms with van der Waals surface area (Å²) in [5.41, 5.74) is 15.2. The van der Waals surface area contributed by atoms with Crippen molar-refractivity contribution < 1.29 is 26.2 Å². The van der Waals surface area contributed by atoms with Gasteiger partial charge in [-0.3, -0.25) is 9.55 Å². The number of phenols is 1. The van der Waals surface area contributed by atoms with Gasteiger partial charge in [0, 0.05) is 33.0 Å². The molecule has 0 unspecified atom stereocenters. The van der Waals surface area contributed by atoms with Crippen LogP contribution in [0.4, 0.5) is 0 Å². The van der Waals surface area contributed by atoms with Gasteiger partial charge >= 0.3 is 0 Å². The molecule has 5 heteroatoms. The molecule has 0 bridgehead atoms. The number of fused-ring (bicyclic) bond motifs is 1. The van der Waals surface area contributed by atoms with Crippen LogP contribution < -0.4 is 0 Å². The van der Waals surface area contributed by atoms with E-state index < -0.39 is 0 Å². The summed E-state index contributed by atoms with van der Waals surface area (Å²) in [5.74, 6) is 0.875. The maximum absolute atomic E-state index is 11.6. The molecule has 0 spiro atoms. The zero-order valence-corrected chi connectivity index (χ0v) is 33.8. The van der Waals surface area contributed by atoms with E-state index in [0.29, 0.717) is 11.4 Å². The number of rotatable bonds is 5. The van der Waals surface area contributed by atoms with Crippen LogP contribution in [0.1, 0.15) is 69.4 Å². The molecule has 1 N–H and O–H groups in total. The maximum atomic E-state index is 11.6. The van der Waals surface area contributed by atoms with E-state index in [0.717, 1.165) is 61.4 Å². The van der Waals surface area contributed by atoms with E-state index in [1.54, 1.807) is 6.07 Å². The Bertz CT molecular complexity index is 2390. The second-order valence-electron chi connectivity index (χ2n) is 15.9. The minimum atomic E-state index is -0.186. The van der Waals surface area contributed by atoms with Crippen molar-refractivity contribution in [2.24, 2.45) is 0 Å². The van der Waals surface area contributed by atoms with Gasteiger partial charge in [-0.2, -0.15) is 0 Å². The molecule has 52 heavy (non-hydrogen) atoms. The van der Waals surface area contributed by atoms with E-state index in [1.807, 2.05) is 42.6 Å². The fourth-order valence-electron chi connectivity index (χ4n) is 7.41. The van der Waals surface area contributed by atoms with E-state index in [2.05, 4.69) is 134 Å². The van der Waals surface area contributed by atoms with Crippen molar-refractivity contribution >= 4 is 11.0 Å². The zero-order chi connectivity index (χ0) is 36.2.